The molecule has 0 bridgehead atoms. The van der Waals surface area contributed by atoms with Crippen LogP contribution in [0.4, 0.5) is 11.4 Å². The molecule has 1 amide bonds. The normalized spacial score (nSPS) is 10.9. The van der Waals surface area contributed by atoms with E-state index in [9.17, 15) is 14.7 Å². The van der Waals surface area contributed by atoms with Crippen LogP contribution in [0.25, 0.3) is 11.3 Å². The van der Waals surface area contributed by atoms with Gasteiger partial charge in [0.1, 0.15) is 11.5 Å². The number of nitrogens with one attached hydrogen (secondary N) is 1. The Morgan fingerprint density at radius 3 is 2.44 bits per heavy atom. The van der Waals surface area contributed by atoms with Crippen molar-refractivity contribution in [1.82, 2.24) is 0 Å². The summed E-state index contributed by atoms with van der Waals surface area (Å²) in [6.07, 6.45) is 1.60. The largest absolute Gasteiger partial charge is 0.545 e. The van der Waals surface area contributed by atoms with E-state index in [2.05, 4.69) is 10.3 Å². The fourth-order valence-electron chi connectivity index (χ4n) is 2.61. The molecule has 3 aromatic rings. The maximum absolute atomic E-state index is 11.0. The average Bonchev–Trinajstić information content (AvgIpc) is 3.09. The molecule has 1 N–H and O–H groups in total. The van der Waals surface area contributed by atoms with Crippen molar-refractivity contribution >= 4 is 29.5 Å². The highest BCUT2D eigenvalue weighted by Crippen LogP contribution is 2.26. The standard InChI is InChI=1S/C21H18N2O4/c1-13-11-15(21(25)26)3-9-19(13)20-10-8-18(27-20)12-22-16-4-6-17(7-5-16)23-14(2)24/h3-12H,1-2H3,(H,23,24)(H,25,26)/p-1. The summed E-state index contributed by atoms with van der Waals surface area (Å²) in [6.45, 7) is 3.27. The van der Waals surface area contributed by atoms with E-state index in [0.29, 0.717) is 17.2 Å². The number of benzene rings is 2. The van der Waals surface area contributed by atoms with Crippen molar-refractivity contribution in [2.75, 3.05) is 5.32 Å². The summed E-state index contributed by atoms with van der Waals surface area (Å²) in [4.78, 5) is 26.3. The second-order valence-corrected chi connectivity index (χ2v) is 6.01. The second kappa shape index (κ2) is 7.70. The number of amides is 1. The van der Waals surface area contributed by atoms with Gasteiger partial charge in [0.2, 0.25) is 5.91 Å². The lowest BCUT2D eigenvalue weighted by molar-refractivity contribution is -0.255. The van der Waals surface area contributed by atoms with Gasteiger partial charge < -0.3 is 19.6 Å². The van der Waals surface area contributed by atoms with Crippen LogP contribution in [-0.4, -0.2) is 18.1 Å². The van der Waals surface area contributed by atoms with Crippen LogP contribution in [0, 0.1) is 6.92 Å². The Morgan fingerprint density at radius 2 is 1.81 bits per heavy atom. The van der Waals surface area contributed by atoms with E-state index < -0.39 is 5.97 Å². The number of hydrogen-bond donors (Lipinski definition) is 1. The summed E-state index contributed by atoms with van der Waals surface area (Å²) in [5.74, 6) is -0.141. The van der Waals surface area contributed by atoms with Crippen molar-refractivity contribution in [3.8, 4) is 11.3 Å². The first-order chi connectivity index (χ1) is 12.9. The SMILES string of the molecule is CC(=O)Nc1ccc(N=Cc2ccc(-c3ccc(C(=O)[O-])cc3C)o2)cc1. The number of furan rings is 1. The van der Waals surface area contributed by atoms with E-state index >= 15 is 0 Å². The van der Waals surface area contributed by atoms with Gasteiger partial charge in [0.05, 0.1) is 17.9 Å². The number of carboxylic acids is 1. The van der Waals surface area contributed by atoms with Gasteiger partial charge in [-0.1, -0.05) is 12.1 Å². The third-order valence-corrected chi connectivity index (χ3v) is 3.88. The van der Waals surface area contributed by atoms with Gasteiger partial charge in [-0.05, 0) is 60.5 Å². The maximum atomic E-state index is 11.0. The zero-order valence-electron chi connectivity index (χ0n) is 14.9. The number of aliphatic imine (C=N–C) groups is 1. The topological polar surface area (TPSA) is 94.7 Å². The van der Waals surface area contributed by atoms with Crippen molar-refractivity contribution < 1.29 is 19.1 Å². The van der Waals surface area contributed by atoms with E-state index in [-0.39, 0.29) is 11.5 Å². The van der Waals surface area contributed by atoms with Gasteiger partial charge in [-0.15, -0.1) is 0 Å². The summed E-state index contributed by atoms with van der Waals surface area (Å²) in [5.41, 5.74) is 3.14. The molecule has 0 fully saturated rings. The third kappa shape index (κ3) is 4.49. The number of carbonyl (C=O) groups excluding carboxylic acids is 2. The molecule has 6 nitrogen and oxygen atoms in total. The van der Waals surface area contributed by atoms with E-state index in [1.807, 2.05) is 13.0 Å². The van der Waals surface area contributed by atoms with Gasteiger partial charge in [-0.2, -0.15) is 0 Å². The van der Waals surface area contributed by atoms with Crippen LogP contribution in [0.2, 0.25) is 0 Å². The van der Waals surface area contributed by atoms with Crippen LogP contribution in [0.1, 0.15) is 28.6 Å². The van der Waals surface area contributed by atoms with Crippen molar-refractivity contribution in [1.29, 1.82) is 0 Å². The number of aryl methyl sites for hydroxylation is 1. The molecule has 0 aliphatic carbocycles. The molecular formula is C21H17N2O4-. The summed E-state index contributed by atoms with van der Waals surface area (Å²) in [7, 11) is 0. The summed E-state index contributed by atoms with van der Waals surface area (Å²) in [6, 6.07) is 15.4. The molecule has 1 aromatic heterocycles. The zero-order valence-corrected chi connectivity index (χ0v) is 14.9. The first-order valence-electron chi connectivity index (χ1n) is 8.26. The molecular weight excluding hydrogens is 344 g/mol. The first kappa shape index (κ1) is 18.1. The molecule has 0 atom stereocenters. The molecule has 2 aromatic carbocycles. The third-order valence-electron chi connectivity index (χ3n) is 3.88. The van der Waals surface area contributed by atoms with Crippen LogP contribution in [0.5, 0.6) is 0 Å². The molecule has 1 heterocycles. The fraction of sp³-hybridized carbons (Fsp3) is 0.0952. The minimum atomic E-state index is -1.21. The summed E-state index contributed by atoms with van der Waals surface area (Å²) < 4.78 is 5.78. The number of rotatable bonds is 5. The van der Waals surface area contributed by atoms with Crippen LogP contribution < -0.4 is 10.4 Å². The van der Waals surface area contributed by atoms with Gasteiger partial charge in [-0.3, -0.25) is 9.79 Å². The zero-order chi connectivity index (χ0) is 19.4. The Labute approximate surface area is 156 Å². The predicted octanol–water partition coefficient (Wildman–Crippen LogP) is 3.33. The van der Waals surface area contributed by atoms with Crippen LogP contribution >= 0.6 is 0 Å². The Bertz CT molecular complexity index is 1020. The van der Waals surface area contributed by atoms with Crippen molar-refractivity contribution in [3.05, 3.63) is 71.5 Å². The molecule has 0 aliphatic rings. The minimum Gasteiger partial charge on any atom is -0.545 e. The highest BCUT2D eigenvalue weighted by molar-refractivity contribution is 5.89. The number of anilines is 1. The molecule has 0 spiro atoms. The van der Waals surface area contributed by atoms with E-state index in [1.54, 1.807) is 48.7 Å². The fourth-order valence-corrected chi connectivity index (χ4v) is 2.61. The Hall–Kier alpha value is -3.67. The van der Waals surface area contributed by atoms with Gasteiger partial charge in [0.25, 0.3) is 0 Å². The number of aromatic carboxylic acids is 1. The number of hydrogen-bond acceptors (Lipinski definition) is 5. The predicted molar refractivity (Wildman–Crippen MR) is 101 cm³/mol. The summed E-state index contributed by atoms with van der Waals surface area (Å²) >= 11 is 0. The minimum absolute atomic E-state index is 0.127. The van der Waals surface area contributed by atoms with Gasteiger partial charge >= 0.3 is 0 Å². The Morgan fingerprint density at radius 1 is 1.07 bits per heavy atom. The van der Waals surface area contributed by atoms with Crippen LogP contribution in [0.3, 0.4) is 0 Å². The summed E-state index contributed by atoms with van der Waals surface area (Å²) in [5, 5.41) is 13.6. The molecule has 27 heavy (non-hydrogen) atoms. The smallest absolute Gasteiger partial charge is 0.221 e. The van der Waals surface area contributed by atoms with E-state index in [4.69, 9.17) is 4.42 Å². The van der Waals surface area contributed by atoms with E-state index in [1.165, 1.54) is 13.0 Å². The van der Waals surface area contributed by atoms with Gasteiger partial charge in [0.15, 0.2) is 0 Å². The first-order valence-corrected chi connectivity index (χ1v) is 8.26. The van der Waals surface area contributed by atoms with Crippen molar-refractivity contribution in [2.24, 2.45) is 4.99 Å². The maximum Gasteiger partial charge on any atom is 0.221 e. The second-order valence-electron chi connectivity index (χ2n) is 6.01. The Kier molecular flexibility index (Phi) is 5.17. The quantitative estimate of drug-likeness (QED) is 0.705. The number of nitrogens with zero attached hydrogens (tertiary/aromatic N) is 1. The number of carboxylic acid groups (broad SMARTS) is 1. The molecule has 3 rings (SSSR count). The highest BCUT2D eigenvalue weighted by atomic mass is 16.4. The molecule has 0 radical (unpaired) electrons. The van der Waals surface area contributed by atoms with Gasteiger partial charge in [0, 0.05) is 18.2 Å². The van der Waals surface area contributed by atoms with Crippen LogP contribution in [-0.2, 0) is 4.79 Å². The van der Waals surface area contributed by atoms with Crippen molar-refractivity contribution in [3.63, 3.8) is 0 Å². The molecule has 0 saturated carbocycles. The van der Waals surface area contributed by atoms with Gasteiger partial charge in [-0.25, -0.2) is 0 Å². The highest BCUT2D eigenvalue weighted by Gasteiger charge is 2.08. The lowest BCUT2D eigenvalue weighted by Crippen LogP contribution is -2.22. The van der Waals surface area contributed by atoms with Crippen molar-refractivity contribution in [2.45, 2.75) is 13.8 Å². The lowest BCUT2D eigenvalue weighted by Gasteiger charge is -2.07. The molecule has 6 heteroatoms. The lowest BCUT2D eigenvalue weighted by atomic mass is 10.0. The monoisotopic (exact) mass is 361 g/mol. The molecule has 136 valence electrons. The average molecular weight is 361 g/mol. The molecule has 0 saturated heterocycles. The molecule has 0 unspecified atom stereocenters. The Balaban J connectivity index is 1.75. The van der Waals surface area contributed by atoms with E-state index in [0.717, 1.165) is 16.8 Å². The molecule has 0 aliphatic heterocycles. The number of carbonyl (C=O) groups is 2. The van der Waals surface area contributed by atoms with Crippen LogP contribution in [0.15, 0.2) is 64.0 Å².